The first-order valence-corrected chi connectivity index (χ1v) is 16.1. The fourth-order valence-electron chi connectivity index (χ4n) is 6.85. The van der Waals surface area contributed by atoms with E-state index in [0.29, 0.717) is 0 Å². The van der Waals surface area contributed by atoms with E-state index in [1.54, 1.807) is 0 Å². The lowest BCUT2D eigenvalue weighted by molar-refractivity contribution is 1.34. The van der Waals surface area contributed by atoms with Gasteiger partial charge in [0.2, 0.25) is 0 Å². The molecule has 0 fully saturated rings. The van der Waals surface area contributed by atoms with Crippen molar-refractivity contribution < 1.29 is 0 Å². The molecule has 0 N–H and O–H groups in total. The normalized spacial score (nSPS) is 11.6. The number of rotatable bonds is 4. The van der Waals surface area contributed by atoms with Gasteiger partial charge in [0.05, 0.1) is 5.69 Å². The Labute approximate surface area is 265 Å². The summed E-state index contributed by atoms with van der Waals surface area (Å²) in [5, 5.41) is 7.52. The number of fused-ring (bicyclic) bond motifs is 5. The molecule has 0 saturated carbocycles. The average Bonchev–Trinajstić information content (AvgIpc) is 3.50. The van der Waals surface area contributed by atoms with Crippen LogP contribution in [-0.4, -0.2) is 4.98 Å². The van der Waals surface area contributed by atoms with Gasteiger partial charge in [-0.25, -0.2) is 0 Å². The molecule has 0 aliphatic rings. The van der Waals surface area contributed by atoms with E-state index in [4.69, 9.17) is 4.98 Å². The van der Waals surface area contributed by atoms with Crippen LogP contribution >= 0.6 is 11.3 Å². The van der Waals surface area contributed by atoms with Crippen LogP contribution in [0.2, 0.25) is 0 Å². The summed E-state index contributed by atoms with van der Waals surface area (Å²) in [4.78, 5) is 5.14. The maximum Gasteiger partial charge on any atom is 0.0714 e. The zero-order chi connectivity index (χ0) is 29.7. The molecule has 0 unspecified atom stereocenters. The molecule has 45 heavy (non-hydrogen) atoms. The van der Waals surface area contributed by atoms with Gasteiger partial charge in [0.25, 0.3) is 0 Å². The Morgan fingerprint density at radius 2 is 0.889 bits per heavy atom. The third kappa shape index (κ3) is 4.26. The van der Waals surface area contributed by atoms with Crippen molar-refractivity contribution in [3.8, 4) is 44.6 Å². The zero-order valence-corrected chi connectivity index (χ0v) is 25.3. The van der Waals surface area contributed by atoms with Crippen molar-refractivity contribution in [1.82, 2.24) is 4.98 Å². The number of benzene rings is 7. The minimum atomic E-state index is 0.987. The first-order chi connectivity index (χ1) is 22.3. The Morgan fingerprint density at radius 3 is 1.56 bits per heavy atom. The topological polar surface area (TPSA) is 12.9 Å². The molecule has 0 saturated heterocycles. The lowest BCUT2D eigenvalue weighted by Crippen LogP contribution is -1.92. The molecule has 2 aromatic heterocycles. The molecule has 0 spiro atoms. The molecular formula is C43H27NS. The van der Waals surface area contributed by atoms with Crippen molar-refractivity contribution in [1.29, 1.82) is 0 Å². The SMILES string of the molecule is c1ccc(-c2ccc(-c3c4ccccc4c(-c4ccc(-c5cccc6c5sc5ccccc56)cn4)c4ccccc34)cc2)cc1. The van der Waals surface area contributed by atoms with E-state index in [1.165, 1.54) is 75.1 Å². The molecule has 0 bridgehead atoms. The van der Waals surface area contributed by atoms with Crippen molar-refractivity contribution in [2.24, 2.45) is 0 Å². The highest BCUT2D eigenvalue weighted by atomic mass is 32.1. The van der Waals surface area contributed by atoms with E-state index < -0.39 is 0 Å². The van der Waals surface area contributed by atoms with Crippen LogP contribution in [0.15, 0.2) is 164 Å². The first-order valence-electron chi connectivity index (χ1n) is 15.3. The predicted molar refractivity (Wildman–Crippen MR) is 194 cm³/mol. The Balaban J connectivity index is 1.20. The molecule has 2 heterocycles. The summed E-state index contributed by atoms with van der Waals surface area (Å²) >= 11 is 1.86. The van der Waals surface area contributed by atoms with Gasteiger partial charge >= 0.3 is 0 Å². The summed E-state index contributed by atoms with van der Waals surface area (Å²) in [6.07, 6.45) is 2.05. The number of nitrogens with zero attached hydrogens (tertiary/aromatic N) is 1. The molecular weight excluding hydrogens is 563 g/mol. The number of hydrogen-bond donors (Lipinski definition) is 0. The maximum atomic E-state index is 5.14. The Morgan fingerprint density at radius 1 is 0.356 bits per heavy atom. The molecule has 1 nitrogen and oxygen atoms in total. The molecule has 0 atom stereocenters. The van der Waals surface area contributed by atoms with Gasteiger partial charge in [-0.2, -0.15) is 0 Å². The minimum Gasteiger partial charge on any atom is -0.256 e. The molecule has 0 aliphatic heterocycles. The van der Waals surface area contributed by atoms with Gasteiger partial charge in [-0.3, -0.25) is 4.98 Å². The van der Waals surface area contributed by atoms with Gasteiger partial charge in [0.1, 0.15) is 0 Å². The number of thiophene rings is 1. The van der Waals surface area contributed by atoms with E-state index in [1.807, 2.05) is 17.5 Å². The maximum absolute atomic E-state index is 5.14. The Kier molecular flexibility index (Phi) is 6.07. The van der Waals surface area contributed by atoms with E-state index in [9.17, 15) is 0 Å². The summed E-state index contributed by atoms with van der Waals surface area (Å²) < 4.78 is 2.63. The van der Waals surface area contributed by atoms with E-state index in [2.05, 4.69) is 158 Å². The van der Waals surface area contributed by atoms with Gasteiger partial charge in [-0.1, -0.05) is 146 Å². The Hall–Kier alpha value is -5.57. The highest BCUT2D eigenvalue weighted by Gasteiger charge is 2.18. The molecule has 7 aromatic carbocycles. The van der Waals surface area contributed by atoms with Crippen molar-refractivity contribution in [2.45, 2.75) is 0 Å². The second kappa shape index (κ2) is 10.6. The van der Waals surface area contributed by atoms with E-state index >= 15 is 0 Å². The van der Waals surface area contributed by atoms with E-state index in [-0.39, 0.29) is 0 Å². The third-order valence-corrected chi connectivity index (χ3v) is 10.2. The quantitative estimate of drug-likeness (QED) is 0.186. The molecule has 0 aliphatic carbocycles. The molecule has 0 radical (unpaired) electrons. The number of hydrogen-bond acceptors (Lipinski definition) is 2. The van der Waals surface area contributed by atoms with Crippen LogP contribution in [0.3, 0.4) is 0 Å². The lowest BCUT2D eigenvalue weighted by Gasteiger charge is -2.17. The van der Waals surface area contributed by atoms with Gasteiger partial charge < -0.3 is 0 Å². The smallest absolute Gasteiger partial charge is 0.0714 e. The van der Waals surface area contributed by atoms with Crippen LogP contribution < -0.4 is 0 Å². The summed E-state index contributed by atoms with van der Waals surface area (Å²) in [6.45, 7) is 0. The zero-order valence-electron chi connectivity index (χ0n) is 24.4. The summed E-state index contributed by atoms with van der Waals surface area (Å²) in [5.41, 5.74) is 9.47. The van der Waals surface area contributed by atoms with Gasteiger partial charge in [-0.15, -0.1) is 11.3 Å². The Bertz CT molecular complexity index is 2450. The largest absolute Gasteiger partial charge is 0.256 e. The molecule has 9 rings (SSSR count). The van der Waals surface area contributed by atoms with Crippen molar-refractivity contribution >= 4 is 53.1 Å². The average molecular weight is 590 g/mol. The predicted octanol–water partition coefficient (Wildman–Crippen LogP) is 12.4. The molecule has 9 aromatic rings. The van der Waals surface area contributed by atoms with Gasteiger partial charge in [0.15, 0.2) is 0 Å². The van der Waals surface area contributed by atoms with Crippen molar-refractivity contribution in [3.05, 3.63) is 164 Å². The van der Waals surface area contributed by atoms with Crippen LogP contribution in [0, 0.1) is 0 Å². The van der Waals surface area contributed by atoms with Crippen LogP contribution in [0.5, 0.6) is 0 Å². The molecule has 2 heteroatoms. The lowest BCUT2D eigenvalue weighted by atomic mass is 9.87. The van der Waals surface area contributed by atoms with Crippen molar-refractivity contribution in [3.63, 3.8) is 0 Å². The summed E-state index contributed by atoms with van der Waals surface area (Å²) in [6, 6.07) is 56.8. The number of aromatic nitrogens is 1. The van der Waals surface area contributed by atoms with Crippen LogP contribution in [0.1, 0.15) is 0 Å². The first kappa shape index (κ1) is 25.9. The second-order valence-electron chi connectivity index (χ2n) is 11.5. The van der Waals surface area contributed by atoms with Crippen LogP contribution in [0.25, 0.3) is 86.4 Å². The summed E-state index contributed by atoms with van der Waals surface area (Å²) in [5.74, 6) is 0. The minimum absolute atomic E-state index is 0.987. The fraction of sp³-hybridized carbons (Fsp3) is 0. The van der Waals surface area contributed by atoms with Crippen LogP contribution in [-0.2, 0) is 0 Å². The summed E-state index contributed by atoms with van der Waals surface area (Å²) in [7, 11) is 0. The molecule has 0 amide bonds. The standard InChI is InChI=1S/C43H27NS/c1-2-11-28(12-3-1)29-21-23-30(24-22-29)41-34-14-4-6-16-36(34)42(37-17-7-5-15-35(37)41)39-26-25-31(27-44-39)32-18-10-19-38-33-13-8-9-20-40(33)45-43(32)38/h1-27H. The molecule has 210 valence electrons. The van der Waals surface area contributed by atoms with Gasteiger partial charge in [-0.05, 0) is 55.9 Å². The fourth-order valence-corrected chi connectivity index (χ4v) is 8.09. The third-order valence-electron chi connectivity index (χ3n) is 8.95. The van der Waals surface area contributed by atoms with Crippen molar-refractivity contribution in [2.75, 3.05) is 0 Å². The second-order valence-corrected chi connectivity index (χ2v) is 12.5. The van der Waals surface area contributed by atoms with Gasteiger partial charge in [0, 0.05) is 43.1 Å². The highest BCUT2D eigenvalue weighted by Crippen LogP contribution is 2.44. The monoisotopic (exact) mass is 589 g/mol. The number of pyridine rings is 1. The van der Waals surface area contributed by atoms with Crippen LogP contribution in [0.4, 0.5) is 0 Å². The highest BCUT2D eigenvalue weighted by molar-refractivity contribution is 7.26. The van der Waals surface area contributed by atoms with E-state index in [0.717, 1.165) is 11.3 Å².